The summed E-state index contributed by atoms with van der Waals surface area (Å²) < 4.78 is 38.1. The Bertz CT molecular complexity index is 1090. The number of halogens is 5. The highest BCUT2D eigenvalue weighted by molar-refractivity contribution is 6.35. The van der Waals surface area contributed by atoms with Crippen LogP contribution in [-0.4, -0.2) is 40.1 Å². The van der Waals surface area contributed by atoms with Gasteiger partial charge in [0.05, 0.1) is 7.11 Å². The van der Waals surface area contributed by atoms with Gasteiger partial charge in [0.1, 0.15) is 5.52 Å². The standard InChI is InChI=1S/C16H12Cl2N2O2.C2HF3O2.H2/c1-20-15(16(21)22-2)11-5-3-4-10(14(11)19-20)12-8-9(17)6-7-13(12)18;3-2(4,5)1(6)7;/h3-8H,1-2H3;(H,6,7);1H. The van der Waals surface area contributed by atoms with Crippen molar-refractivity contribution in [2.24, 2.45) is 7.05 Å². The topological polar surface area (TPSA) is 81.4 Å². The molecule has 29 heavy (non-hydrogen) atoms. The second-order valence-corrected chi connectivity index (χ2v) is 6.44. The summed E-state index contributed by atoms with van der Waals surface area (Å²) in [6.45, 7) is 0. The maximum absolute atomic E-state index is 11.9. The van der Waals surface area contributed by atoms with Crippen molar-refractivity contribution in [2.75, 3.05) is 7.11 Å². The number of ether oxygens (including phenoxy) is 1. The summed E-state index contributed by atoms with van der Waals surface area (Å²) in [7, 11) is 3.05. The lowest BCUT2D eigenvalue weighted by atomic mass is 10.0. The minimum absolute atomic E-state index is 0. The Hall–Kier alpha value is -2.78. The van der Waals surface area contributed by atoms with Crippen LogP contribution in [0.3, 0.4) is 0 Å². The second kappa shape index (κ2) is 8.71. The number of alkyl halides is 3. The number of rotatable bonds is 2. The van der Waals surface area contributed by atoms with Crippen molar-refractivity contribution in [1.82, 2.24) is 9.78 Å². The van der Waals surface area contributed by atoms with E-state index >= 15 is 0 Å². The monoisotopic (exact) mass is 450 g/mol. The van der Waals surface area contributed by atoms with Crippen LogP contribution in [0.2, 0.25) is 10.0 Å². The highest BCUT2D eigenvalue weighted by Crippen LogP contribution is 2.35. The first kappa shape index (κ1) is 22.5. The molecule has 0 spiro atoms. The molecule has 1 aromatic heterocycles. The van der Waals surface area contributed by atoms with Crippen molar-refractivity contribution in [3.63, 3.8) is 0 Å². The van der Waals surface area contributed by atoms with Crippen LogP contribution in [0.4, 0.5) is 13.2 Å². The maximum atomic E-state index is 11.9. The zero-order chi connectivity index (χ0) is 21.9. The van der Waals surface area contributed by atoms with Crippen molar-refractivity contribution in [3.05, 3.63) is 52.1 Å². The van der Waals surface area contributed by atoms with Gasteiger partial charge in [-0.2, -0.15) is 18.3 Å². The average molecular weight is 451 g/mol. The van der Waals surface area contributed by atoms with Crippen molar-refractivity contribution >= 4 is 46.0 Å². The van der Waals surface area contributed by atoms with E-state index in [0.29, 0.717) is 26.6 Å². The minimum Gasteiger partial charge on any atom is -0.475 e. The van der Waals surface area contributed by atoms with Gasteiger partial charge < -0.3 is 9.84 Å². The van der Waals surface area contributed by atoms with Gasteiger partial charge in [-0.25, -0.2) is 9.59 Å². The Morgan fingerprint density at radius 2 is 1.79 bits per heavy atom. The molecule has 0 saturated heterocycles. The number of aryl methyl sites for hydroxylation is 1. The minimum atomic E-state index is -5.08. The molecule has 2 aromatic carbocycles. The molecule has 0 amide bonds. The highest BCUT2D eigenvalue weighted by atomic mass is 35.5. The van der Waals surface area contributed by atoms with E-state index in [1.165, 1.54) is 11.8 Å². The molecule has 6 nitrogen and oxygen atoms in total. The third kappa shape index (κ3) is 4.99. The largest absolute Gasteiger partial charge is 0.490 e. The fourth-order valence-corrected chi connectivity index (χ4v) is 2.87. The second-order valence-electron chi connectivity index (χ2n) is 5.59. The van der Waals surface area contributed by atoms with E-state index < -0.39 is 18.1 Å². The average Bonchev–Trinajstić information content (AvgIpc) is 2.98. The number of carbonyl (C=O) groups excluding carboxylic acids is 1. The number of methoxy groups -OCH3 is 1. The van der Waals surface area contributed by atoms with Crippen LogP contribution in [0, 0.1) is 0 Å². The molecule has 1 heterocycles. The summed E-state index contributed by atoms with van der Waals surface area (Å²) in [4.78, 5) is 20.8. The summed E-state index contributed by atoms with van der Waals surface area (Å²) in [5.41, 5.74) is 2.66. The van der Waals surface area contributed by atoms with Gasteiger partial charge in [0.15, 0.2) is 5.69 Å². The molecule has 0 radical (unpaired) electrons. The predicted molar refractivity (Wildman–Crippen MR) is 103 cm³/mol. The van der Waals surface area contributed by atoms with E-state index in [1.807, 2.05) is 18.2 Å². The van der Waals surface area contributed by atoms with Crippen LogP contribution in [0.15, 0.2) is 36.4 Å². The fraction of sp³-hybridized carbons (Fsp3) is 0.167. The SMILES string of the molecule is COC(=O)c1c2cccc(-c3cc(Cl)ccc3Cl)c2nn1C.O=C(O)C(F)(F)F.[HH]. The van der Waals surface area contributed by atoms with E-state index in [0.717, 1.165) is 11.1 Å². The highest BCUT2D eigenvalue weighted by Gasteiger charge is 2.38. The molecular formula is C18H15Cl2F3N2O4. The number of benzene rings is 2. The Labute approximate surface area is 173 Å². The lowest BCUT2D eigenvalue weighted by Crippen LogP contribution is -2.21. The molecule has 11 heteroatoms. The lowest BCUT2D eigenvalue weighted by molar-refractivity contribution is -0.192. The lowest BCUT2D eigenvalue weighted by Gasteiger charge is -2.06. The molecule has 0 aliphatic carbocycles. The summed E-state index contributed by atoms with van der Waals surface area (Å²) >= 11 is 12.4. The Balaban J connectivity index is 0.000000489. The molecule has 0 bridgehead atoms. The first-order chi connectivity index (χ1) is 13.5. The number of nitrogens with zero attached hydrogens (tertiary/aromatic N) is 2. The molecule has 0 unspecified atom stereocenters. The Morgan fingerprint density at radius 1 is 1.17 bits per heavy atom. The molecule has 3 rings (SSSR count). The third-order valence-corrected chi connectivity index (χ3v) is 4.27. The van der Waals surface area contributed by atoms with E-state index in [-0.39, 0.29) is 1.43 Å². The van der Waals surface area contributed by atoms with Crippen molar-refractivity contribution in [1.29, 1.82) is 0 Å². The van der Waals surface area contributed by atoms with Gasteiger partial charge in [-0.3, -0.25) is 4.68 Å². The number of carboxylic acid groups (broad SMARTS) is 1. The number of hydrogen-bond acceptors (Lipinski definition) is 4. The van der Waals surface area contributed by atoms with Crippen LogP contribution in [0.5, 0.6) is 0 Å². The van der Waals surface area contributed by atoms with Crippen LogP contribution in [0.1, 0.15) is 11.9 Å². The van der Waals surface area contributed by atoms with Crippen LogP contribution in [0.25, 0.3) is 22.0 Å². The molecule has 0 aliphatic heterocycles. The van der Waals surface area contributed by atoms with E-state index in [4.69, 9.17) is 37.8 Å². The van der Waals surface area contributed by atoms with E-state index in [2.05, 4.69) is 5.10 Å². The van der Waals surface area contributed by atoms with Gasteiger partial charge in [-0.05, 0) is 18.2 Å². The number of aliphatic carboxylic acids is 1. The molecule has 0 atom stereocenters. The number of carbonyl (C=O) groups is 2. The first-order valence-electron chi connectivity index (χ1n) is 7.77. The van der Waals surface area contributed by atoms with Gasteiger partial charge in [0.2, 0.25) is 0 Å². The van der Waals surface area contributed by atoms with Crippen LogP contribution < -0.4 is 0 Å². The number of fused-ring (bicyclic) bond motifs is 1. The summed E-state index contributed by atoms with van der Waals surface area (Å²) in [6.07, 6.45) is -5.08. The van der Waals surface area contributed by atoms with Crippen molar-refractivity contribution < 1.29 is 34.0 Å². The van der Waals surface area contributed by atoms with Crippen LogP contribution >= 0.6 is 23.2 Å². The van der Waals surface area contributed by atoms with Crippen LogP contribution in [-0.2, 0) is 16.6 Å². The van der Waals surface area contributed by atoms with Gasteiger partial charge in [-0.1, -0.05) is 41.4 Å². The Morgan fingerprint density at radius 3 is 2.34 bits per heavy atom. The number of aromatic nitrogens is 2. The van der Waals surface area contributed by atoms with Gasteiger partial charge in [0, 0.05) is 35.0 Å². The van der Waals surface area contributed by atoms with Gasteiger partial charge in [-0.15, -0.1) is 0 Å². The maximum Gasteiger partial charge on any atom is 0.490 e. The Kier molecular flexibility index (Phi) is 6.76. The number of carboxylic acids is 1. The molecule has 1 N–H and O–H groups in total. The smallest absolute Gasteiger partial charge is 0.475 e. The summed E-state index contributed by atoms with van der Waals surface area (Å²) in [5, 5.41) is 13.4. The first-order valence-corrected chi connectivity index (χ1v) is 8.52. The molecule has 0 fully saturated rings. The fourth-order valence-electron chi connectivity index (χ4n) is 2.48. The van der Waals surface area contributed by atoms with Gasteiger partial charge in [0.25, 0.3) is 0 Å². The quantitative estimate of drug-likeness (QED) is 0.541. The molecule has 156 valence electrons. The number of hydrogen-bond donors (Lipinski definition) is 1. The zero-order valence-electron chi connectivity index (χ0n) is 14.9. The third-order valence-electron chi connectivity index (χ3n) is 3.70. The molecule has 0 saturated carbocycles. The number of esters is 1. The predicted octanol–water partition coefficient (Wildman–Crippen LogP) is 5.21. The van der Waals surface area contributed by atoms with E-state index in [9.17, 15) is 18.0 Å². The summed E-state index contributed by atoms with van der Waals surface area (Å²) in [6, 6.07) is 10.8. The van der Waals surface area contributed by atoms with Crippen molar-refractivity contribution in [2.45, 2.75) is 6.18 Å². The molecular weight excluding hydrogens is 436 g/mol. The summed E-state index contributed by atoms with van der Waals surface area (Å²) in [5.74, 6) is -3.19. The molecule has 3 aromatic rings. The normalized spacial score (nSPS) is 11.0. The van der Waals surface area contributed by atoms with Crippen molar-refractivity contribution in [3.8, 4) is 11.1 Å². The zero-order valence-corrected chi connectivity index (χ0v) is 16.4. The van der Waals surface area contributed by atoms with Gasteiger partial charge >= 0.3 is 18.1 Å². The molecule has 0 aliphatic rings. The van der Waals surface area contributed by atoms with E-state index in [1.54, 1.807) is 25.2 Å².